The number of nitrogens with one attached hydrogen (secondary N) is 3. The van der Waals surface area contributed by atoms with Gasteiger partial charge in [0.15, 0.2) is 11.5 Å². The zero-order valence-corrected chi connectivity index (χ0v) is 13.3. The Morgan fingerprint density at radius 3 is 2.12 bits per heavy atom. The lowest BCUT2D eigenvalue weighted by Gasteiger charge is -2.06. The molecule has 0 spiro atoms. The highest BCUT2D eigenvalue weighted by Gasteiger charge is 2.12. The van der Waals surface area contributed by atoms with E-state index in [1.54, 1.807) is 36.4 Å². The van der Waals surface area contributed by atoms with Crippen molar-refractivity contribution in [3.63, 3.8) is 0 Å². The van der Waals surface area contributed by atoms with Crippen molar-refractivity contribution < 1.29 is 18.8 Å². The van der Waals surface area contributed by atoms with Gasteiger partial charge in [-0.05, 0) is 49.4 Å². The number of benzene rings is 1. The molecule has 2 amide bonds. The fourth-order valence-corrected chi connectivity index (χ4v) is 2.16. The molecule has 0 aliphatic carbocycles. The quantitative estimate of drug-likeness (QED) is 0.621. The van der Waals surface area contributed by atoms with Crippen LogP contribution in [0.5, 0.6) is 0 Å². The van der Waals surface area contributed by atoms with Gasteiger partial charge in [-0.2, -0.15) is 0 Å². The maximum Gasteiger partial charge on any atom is 0.291 e. The minimum atomic E-state index is -0.361. The lowest BCUT2D eigenvalue weighted by atomic mass is 10.2. The lowest BCUT2D eigenvalue weighted by Crippen LogP contribution is -2.13. The second-order valence-corrected chi connectivity index (χ2v) is 5.32. The molecule has 3 aromatic rings. The minimum Gasteiger partial charge on any atom is -0.459 e. The molecule has 2 heterocycles. The van der Waals surface area contributed by atoms with Gasteiger partial charge in [0, 0.05) is 23.1 Å². The first-order valence-corrected chi connectivity index (χ1v) is 7.48. The number of carbonyl (C=O) groups excluding carboxylic acids is 3. The van der Waals surface area contributed by atoms with Crippen LogP contribution in [0.3, 0.4) is 0 Å². The zero-order valence-electron chi connectivity index (χ0n) is 13.3. The SMILES string of the molecule is CC(=O)c1c[nH]c(C(=O)Nc2ccc(NC(=O)c3ccco3)cc2)c1. The van der Waals surface area contributed by atoms with Gasteiger partial charge in [-0.15, -0.1) is 0 Å². The van der Waals surface area contributed by atoms with Gasteiger partial charge in [0.2, 0.25) is 0 Å². The topological polar surface area (TPSA) is 104 Å². The van der Waals surface area contributed by atoms with Crippen molar-refractivity contribution in [2.75, 3.05) is 10.6 Å². The summed E-state index contributed by atoms with van der Waals surface area (Å²) in [5.41, 5.74) is 1.86. The zero-order chi connectivity index (χ0) is 17.8. The van der Waals surface area contributed by atoms with Crippen LogP contribution >= 0.6 is 0 Å². The normalized spacial score (nSPS) is 10.3. The number of aromatic amines is 1. The molecule has 3 N–H and O–H groups in total. The van der Waals surface area contributed by atoms with Crippen LogP contribution in [0.15, 0.2) is 59.3 Å². The smallest absolute Gasteiger partial charge is 0.291 e. The Balaban J connectivity index is 1.63. The standard InChI is InChI=1S/C18H15N3O4/c1-11(22)12-9-15(19-10-12)17(23)20-13-4-6-14(7-5-13)21-18(24)16-3-2-8-25-16/h2-10,19H,1H3,(H,20,23)(H,21,24). The number of carbonyl (C=O) groups is 3. The molecule has 126 valence electrons. The summed E-state index contributed by atoms with van der Waals surface area (Å²) in [6, 6.07) is 11.3. The highest BCUT2D eigenvalue weighted by atomic mass is 16.3. The van der Waals surface area contributed by atoms with Gasteiger partial charge >= 0.3 is 0 Å². The third-order valence-corrected chi connectivity index (χ3v) is 3.48. The molecule has 0 aliphatic rings. The van der Waals surface area contributed by atoms with Crippen LogP contribution in [0.25, 0.3) is 0 Å². The summed E-state index contributed by atoms with van der Waals surface area (Å²) < 4.78 is 5.02. The van der Waals surface area contributed by atoms with Crippen molar-refractivity contribution in [3.05, 3.63) is 71.9 Å². The highest BCUT2D eigenvalue weighted by molar-refractivity contribution is 6.05. The van der Waals surface area contributed by atoms with Crippen molar-refractivity contribution in [1.29, 1.82) is 0 Å². The van der Waals surface area contributed by atoms with Gasteiger partial charge in [-0.1, -0.05) is 0 Å². The van der Waals surface area contributed by atoms with Crippen LogP contribution < -0.4 is 10.6 Å². The van der Waals surface area contributed by atoms with Gasteiger partial charge in [0.1, 0.15) is 5.69 Å². The van der Waals surface area contributed by atoms with E-state index in [0.29, 0.717) is 22.6 Å². The van der Waals surface area contributed by atoms with E-state index in [9.17, 15) is 14.4 Å². The van der Waals surface area contributed by atoms with E-state index in [-0.39, 0.29) is 23.4 Å². The summed E-state index contributed by atoms with van der Waals surface area (Å²) in [6.45, 7) is 1.43. The summed E-state index contributed by atoms with van der Waals surface area (Å²) >= 11 is 0. The van der Waals surface area contributed by atoms with Crippen LogP contribution in [0.1, 0.15) is 38.3 Å². The van der Waals surface area contributed by atoms with E-state index in [2.05, 4.69) is 15.6 Å². The second kappa shape index (κ2) is 6.88. The van der Waals surface area contributed by atoms with Crippen LogP contribution in [-0.4, -0.2) is 22.6 Å². The predicted molar refractivity (Wildman–Crippen MR) is 91.9 cm³/mol. The summed E-state index contributed by atoms with van der Waals surface area (Å²) in [4.78, 5) is 38.0. The first-order chi connectivity index (χ1) is 12.0. The van der Waals surface area contributed by atoms with E-state index >= 15 is 0 Å². The molecule has 0 saturated carbocycles. The summed E-state index contributed by atoms with van der Waals surface area (Å²) in [5, 5.41) is 5.39. The molecule has 25 heavy (non-hydrogen) atoms. The molecule has 2 aromatic heterocycles. The molecule has 0 aliphatic heterocycles. The second-order valence-electron chi connectivity index (χ2n) is 5.32. The number of hydrogen-bond donors (Lipinski definition) is 3. The molecular formula is C18H15N3O4. The Morgan fingerprint density at radius 1 is 0.960 bits per heavy atom. The fraction of sp³-hybridized carbons (Fsp3) is 0.0556. The Morgan fingerprint density at radius 2 is 1.60 bits per heavy atom. The van der Waals surface area contributed by atoms with Crippen molar-refractivity contribution in [2.24, 2.45) is 0 Å². The van der Waals surface area contributed by atoms with E-state index in [1.807, 2.05) is 0 Å². The van der Waals surface area contributed by atoms with Crippen LogP contribution in [0.2, 0.25) is 0 Å². The van der Waals surface area contributed by atoms with Crippen LogP contribution in [-0.2, 0) is 0 Å². The minimum absolute atomic E-state index is 0.119. The van der Waals surface area contributed by atoms with E-state index < -0.39 is 0 Å². The molecular weight excluding hydrogens is 322 g/mol. The third kappa shape index (κ3) is 3.84. The number of furan rings is 1. The lowest BCUT2D eigenvalue weighted by molar-refractivity contribution is 0.0992. The Labute approximate surface area is 143 Å². The Hall–Kier alpha value is -3.61. The number of anilines is 2. The first-order valence-electron chi connectivity index (χ1n) is 7.48. The van der Waals surface area contributed by atoms with E-state index in [0.717, 1.165) is 0 Å². The summed E-state index contributed by atoms with van der Waals surface area (Å²) in [5.74, 6) is -0.623. The van der Waals surface area contributed by atoms with Gasteiger partial charge < -0.3 is 20.0 Å². The molecule has 3 rings (SSSR count). The summed E-state index contributed by atoms with van der Waals surface area (Å²) in [6.07, 6.45) is 2.91. The average molecular weight is 337 g/mol. The molecule has 0 unspecified atom stereocenters. The molecule has 7 heteroatoms. The van der Waals surface area contributed by atoms with Gasteiger partial charge in [-0.25, -0.2) is 0 Å². The third-order valence-electron chi connectivity index (χ3n) is 3.48. The summed E-state index contributed by atoms with van der Waals surface area (Å²) in [7, 11) is 0. The van der Waals surface area contributed by atoms with E-state index in [1.165, 1.54) is 25.5 Å². The van der Waals surface area contributed by atoms with Gasteiger partial charge in [0.25, 0.3) is 11.8 Å². The molecule has 0 saturated heterocycles. The van der Waals surface area contributed by atoms with Crippen LogP contribution in [0.4, 0.5) is 11.4 Å². The molecule has 1 aromatic carbocycles. The van der Waals surface area contributed by atoms with Gasteiger partial charge in [0.05, 0.1) is 6.26 Å². The maximum atomic E-state index is 12.1. The first kappa shape index (κ1) is 16.3. The number of Topliss-reactive ketones (excluding diaryl/α,β-unsaturated/α-hetero) is 1. The number of hydrogen-bond acceptors (Lipinski definition) is 4. The molecule has 0 radical (unpaired) electrons. The number of rotatable bonds is 5. The number of amides is 2. The predicted octanol–water partition coefficient (Wildman–Crippen LogP) is 3.31. The Kier molecular flexibility index (Phi) is 4.47. The van der Waals surface area contributed by atoms with Crippen LogP contribution in [0, 0.1) is 0 Å². The maximum absolute atomic E-state index is 12.1. The fourth-order valence-electron chi connectivity index (χ4n) is 2.16. The van der Waals surface area contributed by atoms with E-state index in [4.69, 9.17) is 4.42 Å². The molecule has 0 bridgehead atoms. The largest absolute Gasteiger partial charge is 0.459 e. The van der Waals surface area contributed by atoms with Crippen molar-refractivity contribution in [3.8, 4) is 0 Å². The highest BCUT2D eigenvalue weighted by Crippen LogP contribution is 2.16. The average Bonchev–Trinajstić information content (AvgIpc) is 3.28. The molecule has 0 atom stereocenters. The molecule has 7 nitrogen and oxygen atoms in total. The van der Waals surface area contributed by atoms with Gasteiger partial charge in [-0.3, -0.25) is 14.4 Å². The number of H-pyrrole nitrogens is 1. The molecule has 0 fully saturated rings. The van der Waals surface area contributed by atoms with Crippen molar-refractivity contribution >= 4 is 29.0 Å². The Bertz CT molecular complexity index is 908. The number of aromatic nitrogens is 1. The number of ketones is 1. The van der Waals surface area contributed by atoms with Crippen molar-refractivity contribution in [1.82, 2.24) is 4.98 Å². The monoisotopic (exact) mass is 337 g/mol. The van der Waals surface area contributed by atoms with Crippen molar-refractivity contribution in [2.45, 2.75) is 6.92 Å².